The lowest BCUT2D eigenvalue weighted by atomic mass is 10.1. The average Bonchev–Trinajstić information content (AvgIpc) is 3.11. The van der Waals surface area contributed by atoms with Crippen LogP contribution in [0.15, 0.2) is 46.1 Å². The van der Waals surface area contributed by atoms with Gasteiger partial charge in [-0.1, -0.05) is 31.2 Å². The molecule has 0 radical (unpaired) electrons. The molecule has 0 saturated heterocycles. The highest BCUT2D eigenvalue weighted by atomic mass is 32.2. The summed E-state index contributed by atoms with van der Waals surface area (Å²) >= 11 is 1.57. The maximum atomic E-state index is 12.3. The molecular weight excluding hydrogens is 332 g/mol. The molecule has 2 N–H and O–H groups in total. The van der Waals surface area contributed by atoms with E-state index in [-0.39, 0.29) is 5.43 Å². The summed E-state index contributed by atoms with van der Waals surface area (Å²) in [5, 5.41) is 7.13. The molecular formula is C20H24N2O2S. The number of pyridine rings is 1. The molecule has 5 heteroatoms. The van der Waals surface area contributed by atoms with E-state index < -0.39 is 0 Å². The van der Waals surface area contributed by atoms with Gasteiger partial charge in [-0.25, -0.2) is 0 Å². The summed E-state index contributed by atoms with van der Waals surface area (Å²) in [5.41, 5.74) is 2.60. The largest absolute Gasteiger partial charge is 0.497 e. The normalized spacial score (nSPS) is 15.5. The van der Waals surface area contributed by atoms with Crippen molar-refractivity contribution in [2.45, 2.75) is 38.6 Å². The van der Waals surface area contributed by atoms with Crippen LogP contribution in [-0.2, 0) is 0 Å². The highest BCUT2D eigenvalue weighted by molar-refractivity contribution is 8.05. The minimum absolute atomic E-state index is 0.00654. The van der Waals surface area contributed by atoms with Crippen molar-refractivity contribution in [3.05, 3.63) is 57.2 Å². The zero-order valence-corrected chi connectivity index (χ0v) is 15.5. The van der Waals surface area contributed by atoms with Crippen LogP contribution in [0.2, 0.25) is 0 Å². The van der Waals surface area contributed by atoms with E-state index in [1.165, 1.54) is 25.7 Å². The third-order valence-electron chi connectivity index (χ3n) is 4.56. The van der Waals surface area contributed by atoms with Gasteiger partial charge in [0.15, 0.2) is 5.43 Å². The molecule has 0 amide bonds. The second-order valence-electron chi connectivity index (χ2n) is 6.43. The van der Waals surface area contributed by atoms with Crippen LogP contribution in [0.25, 0.3) is 16.5 Å². The van der Waals surface area contributed by atoms with E-state index in [9.17, 15) is 4.79 Å². The van der Waals surface area contributed by atoms with Crippen molar-refractivity contribution in [2.75, 3.05) is 7.11 Å². The molecule has 3 rings (SSSR count). The molecule has 132 valence electrons. The van der Waals surface area contributed by atoms with E-state index in [1.807, 2.05) is 18.4 Å². The maximum Gasteiger partial charge on any atom is 0.190 e. The Hall–Kier alpha value is -2.14. The summed E-state index contributed by atoms with van der Waals surface area (Å²) in [6.07, 6.45) is 5.04. The molecule has 1 heterocycles. The molecule has 1 aromatic heterocycles. The van der Waals surface area contributed by atoms with Crippen molar-refractivity contribution in [3.8, 4) is 5.75 Å². The third-order valence-corrected chi connectivity index (χ3v) is 5.43. The Labute approximate surface area is 152 Å². The van der Waals surface area contributed by atoms with E-state index >= 15 is 0 Å². The summed E-state index contributed by atoms with van der Waals surface area (Å²) in [7, 11) is 1.62. The number of benzene rings is 1. The molecule has 1 saturated carbocycles. The Morgan fingerprint density at radius 1 is 1.36 bits per heavy atom. The summed E-state index contributed by atoms with van der Waals surface area (Å²) in [6, 6.07) is 7.64. The van der Waals surface area contributed by atoms with Crippen molar-refractivity contribution in [3.63, 3.8) is 0 Å². The summed E-state index contributed by atoms with van der Waals surface area (Å²) in [6.45, 7) is 6.09. The molecule has 1 aliphatic carbocycles. The van der Waals surface area contributed by atoms with Crippen molar-refractivity contribution < 1.29 is 4.74 Å². The average molecular weight is 356 g/mol. The third kappa shape index (κ3) is 4.28. The van der Waals surface area contributed by atoms with Gasteiger partial charge in [0.1, 0.15) is 5.75 Å². The first-order chi connectivity index (χ1) is 12.1. The SMILES string of the molecule is C=C(NC1CCCC1)S/C=C(\C)c1cc(=O)c2ccc(OC)cc2[nH]1. The van der Waals surface area contributed by atoms with Gasteiger partial charge in [0.2, 0.25) is 0 Å². The molecule has 25 heavy (non-hydrogen) atoms. The number of H-pyrrole nitrogens is 1. The van der Waals surface area contributed by atoms with Crippen molar-refractivity contribution in [1.82, 2.24) is 10.3 Å². The van der Waals surface area contributed by atoms with E-state index in [2.05, 4.69) is 16.9 Å². The van der Waals surface area contributed by atoms with E-state index in [4.69, 9.17) is 4.74 Å². The number of thioether (sulfide) groups is 1. The lowest BCUT2D eigenvalue weighted by molar-refractivity contribution is 0.415. The van der Waals surface area contributed by atoms with Gasteiger partial charge in [0, 0.05) is 29.3 Å². The van der Waals surface area contributed by atoms with Crippen molar-refractivity contribution in [1.29, 1.82) is 0 Å². The molecule has 0 atom stereocenters. The van der Waals surface area contributed by atoms with Crippen molar-refractivity contribution in [2.24, 2.45) is 0 Å². The predicted molar refractivity (Wildman–Crippen MR) is 107 cm³/mol. The van der Waals surface area contributed by atoms with Gasteiger partial charge < -0.3 is 15.0 Å². The number of ether oxygens (including phenoxy) is 1. The first-order valence-electron chi connectivity index (χ1n) is 8.57. The standard InChI is InChI=1S/C20H24N2O2S/c1-13(12-25-14(2)21-15-6-4-5-7-15)18-11-20(23)17-9-8-16(24-3)10-19(17)22-18/h8-12,15,21H,2,4-7H2,1,3H3,(H,22,23)/b13-12+. The minimum Gasteiger partial charge on any atom is -0.497 e. The summed E-state index contributed by atoms with van der Waals surface area (Å²) in [4.78, 5) is 15.7. The highest BCUT2D eigenvalue weighted by Gasteiger charge is 2.14. The van der Waals surface area contributed by atoms with Crippen LogP contribution in [0, 0.1) is 0 Å². The zero-order chi connectivity index (χ0) is 17.8. The molecule has 1 fully saturated rings. The van der Waals surface area contributed by atoms with Crippen LogP contribution in [0.5, 0.6) is 5.75 Å². The maximum absolute atomic E-state index is 12.3. The number of rotatable bonds is 6. The van der Waals surface area contributed by atoms with Crippen molar-refractivity contribution >= 4 is 28.2 Å². The molecule has 0 unspecified atom stereocenters. The Morgan fingerprint density at radius 2 is 2.12 bits per heavy atom. The van der Waals surface area contributed by atoms with Gasteiger partial charge in [0.25, 0.3) is 0 Å². The molecule has 4 nitrogen and oxygen atoms in total. The minimum atomic E-state index is 0.00654. The number of aromatic amines is 1. The molecule has 1 aromatic carbocycles. The van der Waals surface area contributed by atoms with E-state index in [1.54, 1.807) is 37.1 Å². The smallest absolute Gasteiger partial charge is 0.190 e. The zero-order valence-electron chi connectivity index (χ0n) is 14.7. The number of hydrogen-bond acceptors (Lipinski definition) is 4. The molecule has 0 aliphatic heterocycles. The fourth-order valence-electron chi connectivity index (χ4n) is 3.13. The molecule has 1 aliphatic rings. The Bertz CT molecular complexity index is 864. The number of aromatic nitrogens is 1. The van der Waals surface area contributed by atoms with Crippen LogP contribution in [0.4, 0.5) is 0 Å². The second kappa shape index (κ2) is 7.83. The first-order valence-corrected chi connectivity index (χ1v) is 9.45. The Kier molecular flexibility index (Phi) is 5.53. The Morgan fingerprint density at radius 3 is 2.84 bits per heavy atom. The van der Waals surface area contributed by atoms with E-state index in [0.717, 1.165) is 27.6 Å². The van der Waals surface area contributed by atoms with Crippen LogP contribution < -0.4 is 15.5 Å². The fourth-order valence-corrected chi connectivity index (χ4v) is 3.81. The number of fused-ring (bicyclic) bond motifs is 1. The first kappa shape index (κ1) is 17.7. The van der Waals surface area contributed by atoms with Gasteiger partial charge in [0.05, 0.1) is 17.7 Å². The van der Waals surface area contributed by atoms with Gasteiger partial charge in [-0.3, -0.25) is 4.79 Å². The monoisotopic (exact) mass is 356 g/mol. The van der Waals surface area contributed by atoms with Gasteiger partial charge in [-0.2, -0.15) is 0 Å². The van der Waals surface area contributed by atoms with Crippen LogP contribution in [0.3, 0.4) is 0 Å². The number of methoxy groups -OCH3 is 1. The lowest BCUT2D eigenvalue weighted by Crippen LogP contribution is -2.23. The van der Waals surface area contributed by atoms with Gasteiger partial charge in [-0.15, -0.1) is 0 Å². The number of nitrogens with one attached hydrogen (secondary N) is 2. The fraction of sp³-hybridized carbons (Fsp3) is 0.350. The quantitative estimate of drug-likeness (QED) is 0.792. The van der Waals surface area contributed by atoms with Gasteiger partial charge in [-0.05, 0) is 42.9 Å². The topological polar surface area (TPSA) is 54.1 Å². The van der Waals surface area contributed by atoms with E-state index in [0.29, 0.717) is 11.4 Å². The van der Waals surface area contributed by atoms with Crippen LogP contribution >= 0.6 is 11.8 Å². The molecule has 0 spiro atoms. The second-order valence-corrected chi connectivity index (χ2v) is 7.39. The van der Waals surface area contributed by atoms with Crippen LogP contribution in [-0.4, -0.2) is 18.1 Å². The Balaban J connectivity index is 1.77. The number of allylic oxidation sites excluding steroid dienone is 1. The summed E-state index contributed by atoms with van der Waals surface area (Å²) in [5.74, 6) is 0.727. The van der Waals surface area contributed by atoms with Gasteiger partial charge >= 0.3 is 0 Å². The molecule has 2 aromatic rings. The lowest BCUT2D eigenvalue weighted by Gasteiger charge is -2.14. The summed E-state index contributed by atoms with van der Waals surface area (Å²) < 4.78 is 5.24. The van der Waals surface area contributed by atoms with Crippen LogP contribution in [0.1, 0.15) is 38.3 Å². The highest BCUT2D eigenvalue weighted by Crippen LogP contribution is 2.25. The predicted octanol–water partition coefficient (Wildman–Crippen LogP) is 4.63. The molecule has 0 bridgehead atoms. The number of hydrogen-bond donors (Lipinski definition) is 2.